The molecule has 0 aliphatic carbocycles. The molecule has 0 saturated carbocycles. The maximum atomic E-state index is 13.4. The predicted octanol–water partition coefficient (Wildman–Crippen LogP) is 7.10. The summed E-state index contributed by atoms with van der Waals surface area (Å²) in [6.45, 7) is 2.02. The van der Waals surface area contributed by atoms with Crippen LogP contribution in [0.3, 0.4) is 0 Å². The number of para-hydroxylation sites is 1. The van der Waals surface area contributed by atoms with Gasteiger partial charge in [-0.2, -0.15) is 0 Å². The fourth-order valence-corrected chi connectivity index (χ4v) is 4.70. The second-order valence-electron chi connectivity index (χ2n) is 8.22. The van der Waals surface area contributed by atoms with Crippen molar-refractivity contribution in [3.63, 3.8) is 0 Å². The summed E-state index contributed by atoms with van der Waals surface area (Å²) >= 11 is 7.65. The van der Waals surface area contributed by atoms with Gasteiger partial charge in [-0.25, -0.2) is 14.4 Å². The highest BCUT2D eigenvalue weighted by Gasteiger charge is 2.25. The van der Waals surface area contributed by atoms with Gasteiger partial charge in [0, 0.05) is 16.7 Å². The van der Waals surface area contributed by atoms with Crippen molar-refractivity contribution in [1.29, 1.82) is 0 Å². The minimum atomic E-state index is -0.621. The summed E-state index contributed by atoms with van der Waals surface area (Å²) in [7, 11) is 0. The molecule has 0 saturated heterocycles. The number of benzene rings is 3. The van der Waals surface area contributed by atoms with Gasteiger partial charge in [-0.15, -0.1) is 0 Å². The Labute approximate surface area is 220 Å². The third-order valence-corrected chi connectivity index (χ3v) is 6.74. The summed E-state index contributed by atoms with van der Waals surface area (Å²) in [5.41, 5.74) is 3.02. The molecular formula is C28H19ClFN3O3S. The molecule has 184 valence electrons. The van der Waals surface area contributed by atoms with Gasteiger partial charge in [0.1, 0.15) is 11.4 Å². The Morgan fingerprint density at radius 3 is 2.62 bits per heavy atom. The summed E-state index contributed by atoms with van der Waals surface area (Å²) in [6.07, 6.45) is 1.38. The van der Waals surface area contributed by atoms with Gasteiger partial charge in [-0.3, -0.25) is 9.59 Å². The minimum Gasteiger partial charge on any atom is -0.450 e. The molecule has 37 heavy (non-hydrogen) atoms. The maximum Gasteiger partial charge on any atom is 0.276 e. The first-order chi connectivity index (χ1) is 17.9. The second kappa shape index (κ2) is 10.5. The SMILES string of the molecule is Cc1cccc(CSc2ncc(Cl)c(C(=O)Nc3c(C(=O)c4ccc(F)cc4)oc4ccccc34)n2)c1. The molecule has 0 unspecified atom stereocenters. The van der Waals surface area contributed by atoms with Gasteiger partial charge in [0.15, 0.2) is 16.6 Å². The summed E-state index contributed by atoms with van der Waals surface area (Å²) < 4.78 is 19.2. The molecule has 6 nitrogen and oxygen atoms in total. The zero-order valence-electron chi connectivity index (χ0n) is 19.5. The first kappa shape index (κ1) is 24.7. The van der Waals surface area contributed by atoms with E-state index >= 15 is 0 Å². The monoisotopic (exact) mass is 531 g/mol. The number of carbonyl (C=O) groups excluding carboxylic acids is 2. The van der Waals surface area contributed by atoms with Crippen molar-refractivity contribution in [3.05, 3.63) is 118 Å². The van der Waals surface area contributed by atoms with Crippen LogP contribution in [0.1, 0.15) is 37.7 Å². The Kier molecular flexibility index (Phi) is 7.03. The molecule has 3 aromatic carbocycles. The highest BCUT2D eigenvalue weighted by atomic mass is 35.5. The Morgan fingerprint density at radius 2 is 1.84 bits per heavy atom. The number of ketones is 1. The number of carbonyl (C=O) groups is 2. The van der Waals surface area contributed by atoms with Crippen molar-refractivity contribution in [1.82, 2.24) is 9.97 Å². The van der Waals surface area contributed by atoms with E-state index in [1.54, 1.807) is 24.3 Å². The number of furan rings is 1. The molecule has 0 atom stereocenters. The number of nitrogens with one attached hydrogen (secondary N) is 1. The van der Waals surface area contributed by atoms with E-state index in [-0.39, 0.29) is 27.7 Å². The van der Waals surface area contributed by atoms with Crippen LogP contribution in [0.5, 0.6) is 0 Å². The lowest BCUT2D eigenvalue weighted by molar-refractivity contribution is 0.101. The number of hydrogen-bond acceptors (Lipinski definition) is 6. The molecule has 0 aliphatic heterocycles. The number of nitrogens with zero attached hydrogens (tertiary/aromatic N) is 2. The van der Waals surface area contributed by atoms with Gasteiger partial charge in [-0.1, -0.05) is 65.3 Å². The van der Waals surface area contributed by atoms with Crippen LogP contribution < -0.4 is 5.32 Å². The van der Waals surface area contributed by atoms with Crippen LogP contribution in [0, 0.1) is 12.7 Å². The van der Waals surface area contributed by atoms with Crippen LogP contribution in [0.15, 0.2) is 88.6 Å². The molecule has 9 heteroatoms. The third kappa shape index (κ3) is 5.40. The Morgan fingerprint density at radius 1 is 1.05 bits per heavy atom. The zero-order valence-corrected chi connectivity index (χ0v) is 21.1. The highest BCUT2D eigenvalue weighted by Crippen LogP contribution is 2.33. The molecule has 2 heterocycles. The number of fused-ring (bicyclic) bond motifs is 1. The van der Waals surface area contributed by atoms with Gasteiger partial charge >= 0.3 is 0 Å². The number of halogens is 2. The molecule has 0 bridgehead atoms. The first-order valence-electron chi connectivity index (χ1n) is 11.2. The number of aromatic nitrogens is 2. The van der Waals surface area contributed by atoms with Gasteiger partial charge in [0.25, 0.3) is 5.91 Å². The molecule has 1 N–H and O–H groups in total. The van der Waals surface area contributed by atoms with E-state index in [9.17, 15) is 14.0 Å². The molecule has 0 spiro atoms. The molecule has 5 aromatic rings. The average molecular weight is 532 g/mol. The van der Waals surface area contributed by atoms with E-state index in [1.165, 1.54) is 42.2 Å². The summed E-state index contributed by atoms with van der Waals surface area (Å²) in [4.78, 5) is 35.1. The Balaban J connectivity index is 1.44. The van der Waals surface area contributed by atoms with Crippen molar-refractivity contribution in [2.75, 3.05) is 5.32 Å². The van der Waals surface area contributed by atoms with Gasteiger partial charge in [0.05, 0.1) is 16.9 Å². The standard InChI is InChI=1S/C28H19ClFN3O3S/c1-16-5-4-6-17(13-16)15-37-28-31-14-21(29)24(33-28)27(35)32-23-20-7-2-3-8-22(20)36-26(23)25(34)18-9-11-19(30)12-10-18/h2-14H,15H2,1H3,(H,32,35). The van der Waals surface area contributed by atoms with Crippen molar-refractivity contribution >= 4 is 51.7 Å². The van der Waals surface area contributed by atoms with E-state index in [2.05, 4.69) is 21.4 Å². The Bertz CT molecular complexity index is 1640. The number of amides is 1. The van der Waals surface area contributed by atoms with Crippen molar-refractivity contribution in [2.45, 2.75) is 17.8 Å². The predicted molar refractivity (Wildman–Crippen MR) is 142 cm³/mol. The quantitative estimate of drug-likeness (QED) is 0.137. The normalized spacial score (nSPS) is 11.0. The second-order valence-corrected chi connectivity index (χ2v) is 9.57. The average Bonchev–Trinajstić information content (AvgIpc) is 3.26. The van der Waals surface area contributed by atoms with E-state index in [4.69, 9.17) is 16.0 Å². The van der Waals surface area contributed by atoms with Crippen LogP contribution in [0.25, 0.3) is 11.0 Å². The lowest BCUT2D eigenvalue weighted by Gasteiger charge is -2.08. The number of thioether (sulfide) groups is 1. The minimum absolute atomic E-state index is 0.0335. The zero-order chi connectivity index (χ0) is 25.9. The van der Waals surface area contributed by atoms with Crippen molar-refractivity contribution < 1.29 is 18.4 Å². The van der Waals surface area contributed by atoms with Crippen molar-refractivity contribution in [3.8, 4) is 0 Å². The molecule has 0 radical (unpaired) electrons. The number of rotatable bonds is 7. The van der Waals surface area contributed by atoms with Crippen LogP contribution >= 0.6 is 23.4 Å². The smallest absolute Gasteiger partial charge is 0.276 e. The molecule has 1 amide bonds. The maximum absolute atomic E-state index is 13.4. The van der Waals surface area contributed by atoms with E-state index in [1.807, 2.05) is 25.1 Å². The lowest BCUT2D eigenvalue weighted by Crippen LogP contribution is -2.17. The number of hydrogen-bond donors (Lipinski definition) is 1. The fourth-order valence-electron chi connectivity index (χ4n) is 3.76. The summed E-state index contributed by atoms with van der Waals surface area (Å²) in [5, 5.41) is 3.73. The van der Waals surface area contributed by atoms with E-state index < -0.39 is 17.5 Å². The van der Waals surface area contributed by atoms with Gasteiger partial charge in [-0.05, 0) is 48.9 Å². The number of aryl methyl sites for hydroxylation is 1. The topological polar surface area (TPSA) is 85.1 Å². The molecular weight excluding hydrogens is 513 g/mol. The van der Waals surface area contributed by atoms with E-state index in [0.29, 0.717) is 21.9 Å². The van der Waals surface area contributed by atoms with Crippen molar-refractivity contribution in [2.24, 2.45) is 0 Å². The molecule has 5 rings (SSSR count). The summed E-state index contributed by atoms with van der Waals surface area (Å²) in [6, 6.07) is 20.1. The third-order valence-electron chi connectivity index (χ3n) is 5.53. The van der Waals surface area contributed by atoms with Crippen LogP contribution in [0.4, 0.5) is 10.1 Å². The van der Waals surface area contributed by atoms with Crippen LogP contribution in [-0.2, 0) is 5.75 Å². The fraction of sp³-hybridized carbons (Fsp3) is 0.0714. The largest absolute Gasteiger partial charge is 0.450 e. The van der Waals surface area contributed by atoms with Crippen LogP contribution in [-0.4, -0.2) is 21.7 Å². The molecule has 2 aromatic heterocycles. The van der Waals surface area contributed by atoms with Gasteiger partial charge in [0.2, 0.25) is 5.78 Å². The Hall–Kier alpha value is -4.01. The molecule has 0 fully saturated rings. The molecule has 0 aliphatic rings. The first-order valence-corrected chi connectivity index (χ1v) is 12.6. The van der Waals surface area contributed by atoms with Gasteiger partial charge < -0.3 is 9.73 Å². The lowest BCUT2D eigenvalue weighted by atomic mass is 10.1. The van der Waals surface area contributed by atoms with E-state index in [0.717, 1.165) is 11.1 Å². The highest BCUT2D eigenvalue weighted by molar-refractivity contribution is 7.98. The van der Waals surface area contributed by atoms with Crippen LogP contribution in [0.2, 0.25) is 5.02 Å². The summed E-state index contributed by atoms with van der Waals surface area (Å²) in [5.74, 6) is -1.06. The number of anilines is 1.